The van der Waals surface area contributed by atoms with Crippen LogP contribution >= 0.6 is 0 Å². The van der Waals surface area contributed by atoms with Crippen LogP contribution in [-0.4, -0.2) is 104 Å². The van der Waals surface area contributed by atoms with Crippen LogP contribution in [0.1, 0.15) is 44.9 Å². The van der Waals surface area contributed by atoms with E-state index >= 15 is 0 Å². The summed E-state index contributed by atoms with van der Waals surface area (Å²) in [5.41, 5.74) is 0. The first-order valence-corrected chi connectivity index (χ1v) is 12.6. The summed E-state index contributed by atoms with van der Waals surface area (Å²) in [4.78, 5) is 20.3. The number of hydrogen-bond acceptors (Lipinski definition) is 6. The van der Waals surface area contributed by atoms with Gasteiger partial charge in [-0.2, -0.15) is 0 Å². The molecule has 6 rings (SSSR count). The highest BCUT2D eigenvalue weighted by Gasteiger charge is 2.41. The molecule has 6 atom stereocenters. The number of nitrogens with zero attached hydrogens (tertiary/aromatic N) is 3. The Labute approximate surface area is 181 Å². The van der Waals surface area contributed by atoms with Gasteiger partial charge in [-0.15, -0.1) is 0 Å². The maximum Gasteiger partial charge on any atom is 0.249 e. The lowest BCUT2D eigenvalue weighted by molar-refractivity contribution is -0.130. The minimum absolute atomic E-state index is 0.108. The summed E-state index contributed by atoms with van der Waals surface area (Å²) in [6.07, 6.45) is 8.97. The number of ether oxygens (including phenoxy) is 1. The van der Waals surface area contributed by atoms with Crippen LogP contribution in [-0.2, 0) is 9.53 Å². The molecule has 0 saturated carbocycles. The summed E-state index contributed by atoms with van der Waals surface area (Å²) in [6.45, 7) is 11.3. The van der Waals surface area contributed by atoms with Crippen LogP contribution < -0.4 is 10.6 Å². The van der Waals surface area contributed by atoms with E-state index in [2.05, 4.69) is 25.3 Å². The lowest BCUT2D eigenvalue weighted by atomic mass is 9.75. The molecule has 2 bridgehead atoms. The first kappa shape index (κ1) is 21.1. The van der Waals surface area contributed by atoms with Gasteiger partial charge in [-0.25, -0.2) is 0 Å². The lowest BCUT2D eigenvalue weighted by Crippen LogP contribution is -2.60. The molecule has 6 saturated heterocycles. The molecule has 30 heavy (non-hydrogen) atoms. The molecule has 0 aromatic heterocycles. The normalized spacial score (nSPS) is 40.5. The average Bonchev–Trinajstić information content (AvgIpc) is 3.34. The van der Waals surface area contributed by atoms with Crippen molar-refractivity contribution >= 4 is 5.91 Å². The van der Waals surface area contributed by atoms with Gasteiger partial charge in [0.15, 0.2) is 0 Å². The SMILES string of the molecule is O=C(NCC1CC2CCN1CC2CN1CCN(C2CCCCN2)CC1)C1CCCO1. The Morgan fingerprint density at radius 2 is 1.90 bits per heavy atom. The molecule has 7 heteroatoms. The minimum Gasteiger partial charge on any atom is -0.368 e. The van der Waals surface area contributed by atoms with Crippen LogP contribution in [0.3, 0.4) is 0 Å². The van der Waals surface area contributed by atoms with Crippen LogP contribution in [0.5, 0.6) is 0 Å². The fourth-order valence-electron chi connectivity index (χ4n) is 6.52. The molecular weight excluding hydrogens is 378 g/mol. The molecule has 2 N–H and O–H groups in total. The van der Waals surface area contributed by atoms with E-state index in [0.717, 1.165) is 37.8 Å². The largest absolute Gasteiger partial charge is 0.368 e. The van der Waals surface area contributed by atoms with Gasteiger partial charge < -0.3 is 20.3 Å². The van der Waals surface area contributed by atoms with Crippen molar-refractivity contribution in [1.29, 1.82) is 0 Å². The van der Waals surface area contributed by atoms with E-state index in [4.69, 9.17) is 4.74 Å². The number of rotatable bonds is 6. The van der Waals surface area contributed by atoms with E-state index < -0.39 is 0 Å². The van der Waals surface area contributed by atoms with Crippen LogP contribution in [0.25, 0.3) is 0 Å². The van der Waals surface area contributed by atoms with E-state index in [1.54, 1.807) is 0 Å². The second kappa shape index (κ2) is 9.82. The predicted octanol–water partition coefficient (Wildman–Crippen LogP) is 0.709. The van der Waals surface area contributed by atoms with Gasteiger partial charge in [0.05, 0.1) is 6.17 Å². The molecule has 0 aromatic rings. The van der Waals surface area contributed by atoms with E-state index in [-0.39, 0.29) is 12.0 Å². The van der Waals surface area contributed by atoms with Crippen molar-refractivity contribution in [3.63, 3.8) is 0 Å². The van der Waals surface area contributed by atoms with Gasteiger partial charge in [0.25, 0.3) is 0 Å². The zero-order valence-electron chi connectivity index (χ0n) is 18.6. The summed E-state index contributed by atoms with van der Waals surface area (Å²) in [6, 6.07) is 0.527. The minimum atomic E-state index is -0.198. The Balaban J connectivity index is 1.05. The molecule has 6 unspecified atom stereocenters. The number of nitrogens with one attached hydrogen (secondary N) is 2. The summed E-state index contributed by atoms with van der Waals surface area (Å²) < 4.78 is 5.53. The molecule has 170 valence electrons. The first-order chi connectivity index (χ1) is 14.8. The summed E-state index contributed by atoms with van der Waals surface area (Å²) in [5, 5.41) is 6.90. The third-order valence-corrected chi connectivity index (χ3v) is 8.37. The first-order valence-electron chi connectivity index (χ1n) is 12.6. The second-order valence-electron chi connectivity index (χ2n) is 10.2. The van der Waals surface area contributed by atoms with Gasteiger partial charge in [0.2, 0.25) is 5.91 Å². The fraction of sp³-hybridized carbons (Fsp3) is 0.957. The summed E-state index contributed by atoms with van der Waals surface area (Å²) in [7, 11) is 0. The van der Waals surface area contributed by atoms with E-state index in [1.807, 2.05) is 0 Å². The quantitative estimate of drug-likeness (QED) is 0.661. The highest BCUT2D eigenvalue weighted by molar-refractivity contribution is 5.80. The molecule has 0 spiro atoms. The number of amides is 1. The number of hydrogen-bond donors (Lipinski definition) is 2. The topological polar surface area (TPSA) is 60.1 Å². The Hall–Kier alpha value is -0.730. The van der Waals surface area contributed by atoms with Gasteiger partial charge in [-0.3, -0.25) is 14.6 Å². The Kier molecular flexibility index (Phi) is 6.92. The maximum absolute atomic E-state index is 12.3. The molecule has 6 aliphatic rings. The number of piperazine rings is 1. The third kappa shape index (κ3) is 4.85. The molecular formula is C23H41N5O2. The maximum atomic E-state index is 12.3. The van der Waals surface area contributed by atoms with Gasteiger partial charge in [-0.1, -0.05) is 0 Å². The highest BCUT2D eigenvalue weighted by Crippen LogP contribution is 2.36. The van der Waals surface area contributed by atoms with Crippen molar-refractivity contribution in [2.24, 2.45) is 11.8 Å². The van der Waals surface area contributed by atoms with Crippen molar-refractivity contribution in [1.82, 2.24) is 25.3 Å². The molecule has 6 fully saturated rings. The van der Waals surface area contributed by atoms with Gasteiger partial charge in [0, 0.05) is 58.5 Å². The molecule has 0 radical (unpaired) electrons. The van der Waals surface area contributed by atoms with E-state index in [1.165, 1.54) is 84.5 Å². The predicted molar refractivity (Wildman–Crippen MR) is 117 cm³/mol. The van der Waals surface area contributed by atoms with Crippen molar-refractivity contribution < 1.29 is 9.53 Å². The van der Waals surface area contributed by atoms with Crippen molar-refractivity contribution in [2.75, 3.05) is 65.5 Å². The van der Waals surface area contributed by atoms with Gasteiger partial charge in [0.1, 0.15) is 6.10 Å². The summed E-state index contributed by atoms with van der Waals surface area (Å²) >= 11 is 0. The molecule has 6 aliphatic heterocycles. The third-order valence-electron chi connectivity index (χ3n) is 8.37. The molecule has 7 nitrogen and oxygen atoms in total. The Morgan fingerprint density at radius 3 is 2.60 bits per heavy atom. The highest BCUT2D eigenvalue weighted by atomic mass is 16.5. The molecule has 1 amide bonds. The van der Waals surface area contributed by atoms with E-state index in [0.29, 0.717) is 12.2 Å². The number of piperidine rings is 4. The Morgan fingerprint density at radius 1 is 1.00 bits per heavy atom. The zero-order chi connectivity index (χ0) is 20.3. The fourth-order valence-corrected chi connectivity index (χ4v) is 6.52. The van der Waals surface area contributed by atoms with Crippen LogP contribution in [0.4, 0.5) is 0 Å². The van der Waals surface area contributed by atoms with Crippen molar-refractivity contribution in [3.8, 4) is 0 Å². The van der Waals surface area contributed by atoms with Crippen molar-refractivity contribution in [2.45, 2.75) is 63.3 Å². The Bertz CT molecular complexity index is 570. The number of fused-ring (bicyclic) bond motifs is 3. The lowest BCUT2D eigenvalue weighted by Gasteiger charge is -2.51. The van der Waals surface area contributed by atoms with Crippen LogP contribution in [0, 0.1) is 11.8 Å². The van der Waals surface area contributed by atoms with Crippen LogP contribution in [0.2, 0.25) is 0 Å². The van der Waals surface area contributed by atoms with Gasteiger partial charge in [-0.05, 0) is 69.9 Å². The molecule has 0 aromatic carbocycles. The van der Waals surface area contributed by atoms with Crippen LogP contribution in [0.15, 0.2) is 0 Å². The van der Waals surface area contributed by atoms with E-state index in [9.17, 15) is 4.79 Å². The molecule has 6 heterocycles. The molecule has 0 aliphatic carbocycles. The monoisotopic (exact) mass is 419 g/mol. The standard InChI is InChI=1S/C23H41N5O2/c29-23(21-4-3-13-30-21)25-15-20-14-18-6-8-28(20)17-19(18)16-26-9-11-27(12-10-26)22-5-1-2-7-24-22/h18-22,24H,1-17H2,(H,25,29). The van der Waals surface area contributed by atoms with Crippen molar-refractivity contribution in [3.05, 3.63) is 0 Å². The number of carbonyl (C=O) groups excluding carboxylic acids is 1. The number of carbonyl (C=O) groups is 1. The van der Waals surface area contributed by atoms with Gasteiger partial charge >= 0.3 is 0 Å². The second-order valence-corrected chi connectivity index (χ2v) is 10.2. The average molecular weight is 420 g/mol. The zero-order valence-corrected chi connectivity index (χ0v) is 18.6. The smallest absolute Gasteiger partial charge is 0.249 e. The summed E-state index contributed by atoms with van der Waals surface area (Å²) in [5.74, 6) is 1.75.